The van der Waals surface area contributed by atoms with Crippen LogP contribution in [0.2, 0.25) is 0 Å². The predicted octanol–water partition coefficient (Wildman–Crippen LogP) is 4.99. The summed E-state index contributed by atoms with van der Waals surface area (Å²) in [6.07, 6.45) is 3.99. The van der Waals surface area contributed by atoms with E-state index < -0.39 is 7.81 Å². The maximum Gasteiger partial charge on any atom is 0.254 e. The second kappa shape index (κ2) is 12.3. The van der Waals surface area contributed by atoms with Crippen LogP contribution in [0.5, 0.6) is 11.5 Å². The molecule has 2 N–H and O–H groups in total. The van der Waals surface area contributed by atoms with Gasteiger partial charge < -0.3 is 27.2 Å². The van der Waals surface area contributed by atoms with Crippen LogP contribution in [0.4, 0.5) is 25.2 Å². The third kappa shape index (κ3) is 10.5. The Morgan fingerprint density at radius 3 is 1.29 bits per heavy atom. The van der Waals surface area contributed by atoms with Gasteiger partial charge in [0.25, 0.3) is 11.0 Å². The van der Waals surface area contributed by atoms with E-state index in [4.69, 9.17) is 5.26 Å². The van der Waals surface area contributed by atoms with Crippen LogP contribution < -0.4 is 26.1 Å². The third-order valence-corrected chi connectivity index (χ3v) is 5.55. The molecule has 41 heavy (non-hydrogen) atoms. The molecule has 0 aliphatic rings. The Labute approximate surface area is 242 Å². The van der Waals surface area contributed by atoms with Crippen LogP contribution in [0.25, 0.3) is 21.8 Å². The number of aromatic nitrogens is 2. The van der Waals surface area contributed by atoms with Gasteiger partial charge in [0.05, 0.1) is 16.8 Å². The van der Waals surface area contributed by atoms with Crippen molar-refractivity contribution < 1.29 is 61.5 Å². The first-order chi connectivity index (χ1) is 18.6. The van der Waals surface area contributed by atoms with Crippen molar-refractivity contribution in [3.05, 3.63) is 108 Å². The quantitative estimate of drug-likeness (QED) is 0.162. The minimum absolute atomic E-state index is 0. The Morgan fingerprint density at radius 1 is 0.634 bits per heavy atom. The summed E-state index contributed by atoms with van der Waals surface area (Å²) in [7, 11) is -10.7. The van der Waals surface area contributed by atoms with Crippen molar-refractivity contribution in [3.63, 3.8) is 0 Å². The molecular weight excluding hydrogens is 635 g/mol. The van der Waals surface area contributed by atoms with E-state index in [1.165, 1.54) is 6.92 Å². The number of phenolic OH excluding ortho intramolecular Hbond substituents is 2. The molecule has 0 aliphatic carbocycles. The number of hydrogen-bond donors (Lipinski definition) is 2. The number of para-hydroxylation sites is 2. The average molecular weight is 660 g/mol. The van der Waals surface area contributed by atoms with Crippen molar-refractivity contribution in [2.45, 2.75) is 20.0 Å². The standard InChI is InChI=1S/C26H20N2O2.C2H3N.BrH.F6P/c29-23-13-3-9-19-11-5-15-27(25(19)23)17-21-7-1-2-8-22(21)18-28-16-6-12-20-10-4-14-24(30)26(20)28;1-2-3;;1-7(2,3,4,5)6/h1-16H,17-18H2;1H3;1H;/q;;;-1/p+1. The predicted molar refractivity (Wildman–Crippen MR) is 141 cm³/mol. The SMILES string of the molecule is CC#N.F[P-](F)(F)(F)(F)F.Oc1cccc2ccc[n+](Cc3ccccc3C[n+]3cccc4cccc(O)c43)c12.[Br-]. The molecule has 218 valence electrons. The zero-order valence-electron chi connectivity index (χ0n) is 21.5. The maximum atomic E-state index is 10.4. The number of hydrogen-bond acceptors (Lipinski definition) is 3. The summed E-state index contributed by atoms with van der Waals surface area (Å²) in [4.78, 5) is 0. The van der Waals surface area contributed by atoms with Crippen LogP contribution in [-0.2, 0) is 13.1 Å². The van der Waals surface area contributed by atoms with Crippen LogP contribution in [-0.4, -0.2) is 10.2 Å². The Kier molecular flexibility index (Phi) is 9.97. The van der Waals surface area contributed by atoms with E-state index in [0.29, 0.717) is 13.1 Å². The van der Waals surface area contributed by atoms with Crippen LogP contribution in [0.1, 0.15) is 18.1 Å². The minimum Gasteiger partial charge on any atom is -1.00 e. The fourth-order valence-electron chi connectivity index (χ4n) is 4.14. The number of pyridine rings is 2. The first-order valence-corrected chi connectivity index (χ1v) is 13.7. The van der Waals surface area contributed by atoms with Crippen molar-refractivity contribution in [2.24, 2.45) is 0 Å². The molecule has 0 atom stereocenters. The molecule has 0 unspecified atom stereocenters. The molecule has 5 nitrogen and oxygen atoms in total. The Balaban J connectivity index is 0.000000465. The van der Waals surface area contributed by atoms with Crippen LogP contribution in [0.3, 0.4) is 0 Å². The smallest absolute Gasteiger partial charge is 0.254 e. The second-order valence-corrected chi connectivity index (χ2v) is 10.6. The number of fused-ring (bicyclic) bond motifs is 2. The number of rotatable bonds is 4. The van der Waals surface area contributed by atoms with Gasteiger partial charge in [0.15, 0.2) is 37.0 Å². The Bertz CT molecular complexity index is 1580. The van der Waals surface area contributed by atoms with Gasteiger partial charge >= 0.3 is 33.0 Å². The van der Waals surface area contributed by atoms with E-state index in [-0.39, 0.29) is 28.5 Å². The minimum atomic E-state index is -10.7. The molecular formula is C28H25BrF6N3O2P. The van der Waals surface area contributed by atoms with Gasteiger partial charge in [-0.15, -0.1) is 0 Å². The van der Waals surface area contributed by atoms with Crippen LogP contribution >= 0.6 is 7.81 Å². The summed E-state index contributed by atoms with van der Waals surface area (Å²) in [5.74, 6) is 0.554. The monoisotopic (exact) mass is 659 g/mol. The normalized spacial score (nSPS) is 12.3. The van der Waals surface area contributed by atoms with Crippen LogP contribution in [0, 0.1) is 11.3 Å². The second-order valence-electron chi connectivity index (χ2n) is 8.65. The van der Waals surface area contributed by atoms with E-state index in [0.717, 1.165) is 32.9 Å². The molecule has 0 saturated heterocycles. The van der Waals surface area contributed by atoms with Crippen molar-refractivity contribution >= 4 is 29.6 Å². The fourth-order valence-corrected chi connectivity index (χ4v) is 4.14. The van der Waals surface area contributed by atoms with Gasteiger partial charge in [0.1, 0.15) is 0 Å². The molecule has 0 bridgehead atoms. The van der Waals surface area contributed by atoms with Gasteiger partial charge in [-0.1, -0.05) is 36.4 Å². The topological polar surface area (TPSA) is 72.0 Å². The Hall–Kier alpha value is -3.94. The molecule has 0 spiro atoms. The number of nitrogens with zero attached hydrogens (tertiary/aromatic N) is 3. The summed E-state index contributed by atoms with van der Waals surface area (Å²) in [5.41, 5.74) is 3.98. The number of halogens is 7. The molecule has 5 rings (SSSR count). The van der Waals surface area contributed by atoms with E-state index >= 15 is 0 Å². The number of nitriles is 1. The van der Waals surface area contributed by atoms with Crippen molar-refractivity contribution in [1.82, 2.24) is 0 Å². The van der Waals surface area contributed by atoms with Gasteiger partial charge in [-0.3, -0.25) is 0 Å². The summed E-state index contributed by atoms with van der Waals surface area (Å²) in [5, 5.41) is 30.2. The summed E-state index contributed by atoms with van der Waals surface area (Å²) in [6.45, 7) is 2.71. The molecule has 13 heteroatoms. The van der Waals surface area contributed by atoms with Gasteiger partial charge in [-0.25, -0.2) is 0 Å². The summed E-state index contributed by atoms with van der Waals surface area (Å²) < 4.78 is 63.4. The number of aromatic hydroxyl groups is 2. The third-order valence-electron chi connectivity index (χ3n) is 5.55. The van der Waals surface area contributed by atoms with Gasteiger partial charge in [0, 0.05) is 30.2 Å². The van der Waals surface area contributed by atoms with Crippen molar-refractivity contribution in [3.8, 4) is 17.6 Å². The Morgan fingerprint density at radius 2 is 0.951 bits per heavy atom. The van der Waals surface area contributed by atoms with Crippen molar-refractivity contribution in [2.75, 3.05) is 0 Å². The first kappa shape index (κ1) is 33.3. The van der Waals surface area contributed by atoms with E-state index in [1.54, 1.807) is 18.2 Å². The van der Waals surface area contributed by atoms with Gasteiger partial charge in [0.2, 0.25) is 0 Å². The molecule has 2 aromatic heterocycles. The molecule has 0 fully saturated rings. The van der Waals surface area contributed by atoms with E-state index in [9.17, 15) is 35.4 Å². The average Bonchev–Trinajstić information content (AvgIpc) is 2.84. The summed E-state index contributed by atoms with van der Waals surface area (Å²) in [6, 6.07) is 29.3. The molecule has 2 heterocycles. The number of benzene rings is 3. The molecule has 0 saturated carbocycles. The van der Waals surface area contributed by atoms with Crippen LogP contribution in [0.15, 0.2) is 97.3 Å². The molecule has 0 amide bonds. The first-order valence-electron chi connectivity index (χ1n) is 11.7. The zero-order chi connectivity index (χ0) is 29.6. The van der Waals surface area contributed by atoms with Gasteiger partial charge in [-0.2, -0.15) is 14.4 Å². The van der Waals surface area contributed by atoms with E-state index in [1.807, 2.05) is 73.1 Å². The maximum absolute atomic E-state index is 10.7. The molecule has 5 aromatic rings. The van der Waals surface area contributed by atoms with E-state index in [2.05, 4.69) is 21.3 Å². The zero-order valence-corrected chi connectivity index (χ0v) is 24.0. The summed E-state index contributed by atoms with van der Waals surface area (Å²) >= 11 is 0. The number of phenols is 2. The largest absolute Gasteiger partial charge is 1.00 e. The molecule has 0 aliphatic heterocycles. The van der Waals surface area contributed by atoms with Gasteiger partial charge in [-0.05, 0) is 36.4 Å². The fraction of sp³-hybridized carbons (Fsp3) is 0.107. The molecule has 3 aromatic carbocycles. The van der Waals surface area contributed by atoms with Crippen molar-refractivity contribution in [1.29, 1.82) is 5.26 Å². The molecule has 0 radical (unpaired) electrons.